The molecule has 4 amide bonds. The Kier molecular flexibility index (Phi) is 9.99. The Morgan fingerprint density at radius 1 is 0.619 bits per heavy atom. The first-order valence-electron chi connectivity index (χ1n) is 22.0. The lowest BCUT2D eigenvalue weighted by Crippen LogP contribution is -2.52. The van der Waals surface area contributed by atoms with E-state index in [1.807, 2.05) is 49.9 Å². The lowest BCUT2D eigenvalue weighted by Gasteiger charge is -2.31. The number of aromatic amines is 2. The van der Waals surface area contributed by atoms with Gasteiger partial charge in [-0.1, -0.05) is 76.2 Å². The van der Waals surface area contributed by atoms with Crippen LogP contribution in [0.3, 0.4) is 0 Å². The molecule has 4 aliphatic rings. The van der Waals surface area contributed by atoms with Crippen LogP contribution in [0.2, 0.25) is 0 Å². The Hall–Kier alpha value is -6.70. The molecule has 0 bridgehead atoms. The van der Waals surface area contributed by atoms with Crippen LogP contribution in [0, 0.1) is 23.7 Å². The van der Waals surface area contributed by atoms with E-state index in [1.165, 1.54) is 7.11 Å². The predicted molar refractivity (Wildman–Crippen MR) is 238 cm³/mol. The summed E-state index contributed by atoms with van der Waals surface area (Å²) in [5.41, 5.74) is 5.97. The average molecular weight is 849 g/mol. The van der Waals surface area contributed by atoms with Gasteiger partial charge in [-0.25, -0.2) is 19.6 Å². The van der Waals surface area contributed by atoms with Gasteiger partial charge < -0.3 is 40.2 Å². The van der Waals surface area contributed by atoms with Gasteiger partial charge in [-0.15, -0.1) is 0 Å². The summed E-state index contributed by atoms with van der Waals surface area (Å²) in [6.45, 7) is 7.56. The molecule has 14 heteroatoms. The van der Waals surface area contributed by atoms with Crippen molar-refractivity contribution in [3.63, 3.8) is 0 Å². The number of H-pyrrole nitrogens is 2. The summed E-state index contributed by atoms with van der Waals surface area (Å²) in [5, 5.41) is 19.0. The zero-order valence-corrected chi connectivity index (χ0v) is 36.0. The molecule has 0 spiro atoms. The molecular weight excluding hydrogens is 797 g/mol. The Labute approximate surface area is 364 Å². The van der Waals surface area contributed by atoms with Crippen molar-refractivity contribution in [2.24, 2.45) is 23.7 Å². The van der Waals surface area contributed by atoms with Crippen molar-refractivity contribution in [2.75, 3.05) is 7.11 Å². The fourth-order valence-electron chi connectivity index (χ4n) is 10.2. The van der Waals surface area contributed by atoms with Gasteiger partial charge in [0.1, 0.15) is 23.7 Å². The normalized spacial score (nSPS) is 23.2. The molecule has 2 aliphatic heterocycles. The van der Waals surface area contributed by atoms with Crippen LogP contribution in [0.4, 0.5) is 9.59 Å². The van der Waals surface area contributed by atoms with Gasteiger partial charge in [0.15, 0.2) is 0 Å². The molecule has 2 aliphatic carbocycles. The number of nitrogens with one attached hydrogen (secondary N) is 4. The number of hydrogen-bond donors (Lipinski definition) is 5. The number of carbonyl (C=O) groups excluding carboxylic acids is 3. The highest BCUT2D eigenvalue weighted by Gasteiger charge is 2.57. The van der Waals surface area contributed by atoms with E-state index >= 15 is 0 Å². The zero-order valence-electron chi connectivity index (χ0n) is 36.0. The molecular formula is C49H52N8O6. The van der Waals surface area contributed by atoms with E-state index < -0.39 is 24.3 Å². The number of benzene rings is 4. The number of ether oxygens (including phenoxy) is 1. The van der Waals surface area contributed by atoms with E-state index in [-0.39, 0.29) is 47.8 Å². The Morgan fingerprint density at radius 2 is 1.02 bits per heavy atom. The minimum atomic E-state index is -1.20. The quantitative estimate of drug-likeness (QED) is 0.0860. The number of rotatable bonds is 11. The van der Waals surface area contributed by atoms with Crippen molar-refractivity contribution in [1.29, 1.82) is 0 Å². The first-order valence-corrected chi connectivity index (χ1v) is 22.0. The lowest BCUT2D eigenvalue weighted by molar-refractivity contribution is -0.137. The van der Waals surface area contributed by atoms with E-state index in [0.29, 0.717) is 11.8 Å². The van der Waals surface area contributed by atoms with Crippen molar-refractivity contribution in [3.05, 3.63) is 96.8 Å². The number of amides is 4. The van der Waals surface area contributed by atoms with Gasteiger partial charge in [0.2, 0.25) is 11.8 Å². The number of carbonyl (C=O) groups is 4. The SMILES string of the molecule is COC(=O)NC(C(=O)N1[C@@H]2C[C@@H]2C[C@H]1c1ncc(-c2ccc3cc(-c4ccc5cc(-c6cnc([C@@H]7C[C@H]8C[C@H]8N7C(=O)C(NC(=O)O)C(C)C)[nH]6)ccc5c4)ccc3c2)[nH]1)C(C)C. The maximum atomic E-state index is 13.9. The molecule has 6 aromatic rings. The van der Waals surface area contributed by atoms with Crippen molar-refractivity contribution < 1.29 is 29.0 Å². The molecule has 4 aromatic carbocycles. The van der Waals surface area contributed by atoms with E-state index in [0.717, 1.165) is 92.5 Å². The van der Waals surface area contributed by atoms with Gasteiger partial charge in [-0.3, -0.25) is 9.59 Å². The van der Waals surface area contributed by atoms with Crippen LogP contribution in [0.25, 0.3) is 55.2 Å². The number of likely N-dealkylation sites (tertiary alicyclic amines) is 2. The number of imidazole rings is 2. The Balaban J connectivity index is 0.837. The van der Waals surface area contributed by atoms with E-state index in [9.17, 15) is 24.3 Å². The number of nitrogens with zero attached hydrogens (tertiary/aromatic N) is 4. The van der Waals surface area contributed by atoms with E-state index in [1.54, 1.807) is 0 Å². The molecule has 10 rings (SSSR count). The summed E-state index contributed by atoms with van der Waals surface area (Å²) < 4.78 is 4.81. The first kappa shape index (κ1) is 40.4. The molecule has 324 valence electrons. The minimum absolute atomic E-state index is 0.0980. The molecule has 0 radical (unpaired) electrons. The van der Waals surface area contributed by atoms with E-state index in [2.05, 4.69) is 93.4 Å². The highest BCUT2D eigenvalue weighted by atomic mass is 16.5. The molecule has 2 unspecified atom stereocenters. The monoisotopic (exact) mass is 848 g/mol. The van der Waals surface area contributed by atoms with Gasteiger partial charge in [-0.2, -0.15) is 0 Å². The van der Waals surface area contributed by atoms with Crippen molar-refractivity contribution in [1.82, 2.24) is 40.4 Å². The molecule has 4 fully saturated rings. The maximum Gasteiger partial charge on any atom is 0.407 e. The summed E-state index contributed by atoms with van der Waals surface area (Å²) in [7, 11) is 1.30. The van der Waals surface area contributed by atoms with Gasteiger partial charge in [0, 0.05) is 23.2 Å². The summed E-state index contributed by atoms with van der Waals surface area (Å²) in [4.78, 5) is 71.5. The second-order valence-corrected chi connectivity index (χ2v) is 18.6. The summed E-state index contributed by atoms with van der Waals surface area (Å²) >= 11 is 0. The largest absolute Gasteiger partial charge is 0.465 e. The van der Waals surface area contributed by atoms with Gasteiger partial charge >= 0.3 is 12.2 Å². The number of carboxylic acid groups (broad SMARTS) is 1. The minimum Gasteiger partial charge on any atom is -0.465 e. The molecule has 63 heavy (non-hydrogen) atoms. The smallest absolute Gasteiger partial charge is 0.407 e. The lowest BCUT2D eigenvalue weighted by atomic mass is 9.97. The van der Waals surface area contributed by atoms with Crippen LogP contribution in [0.15, 0.2) is 85.2 Å². The summed E-state index contributed by atoms with van der Waals surface area (Å²) in [5.74, 6) is 1.78. The fourth-order valence-corrected chi connectivity index (χ4v) is 10.2. The summed E-state index contributed by atoms with van der Waals surface area (Å²) in [6.07, 6.45) is 5.43. The van der Waals surface area contributed by atoms with Crippen LogP contribution in [0.1, 0.15) is 77.1 Å². The average Bonchev–Trinajstić information content (AvgIpc) is 3.86. The summed E-state index contributed by atoms with van der Waals surface area (Å²) in [6, 6.07) is 24.1. The number of methoxy groups -OCH3 is 1. The van der Waals surface area contributed by atoms with Crippen molar-refractivity contribution in [2.45, 2.75) is 89.6 Å². The maximum absolute atomic E-state index is 13.9. The number of hydrogen-bond acceptors (Lipinski definition) is 7. The van der Waals surface area contributed by atoms with E-state index in [4.69, 9.17) is 14.7 Å². The highest BCUT2D eigenvalue weighted by molar-refractivity contribution is 5.94. The number of piperidine rings is 2. The first-order chi connectivity index (χ1) is 30.3. The van der Waals surface area contributed by atoms with Crippen LogP contribution in [-0.2, 0) is 14.3 Å². The van der Waals surface area contributed by atoms with Crippen LogP contribution in [-0.4, -0.2) is 90.1 Å². The second-order valence-electron chi connectivity index (χ2n) is 18.6. The number of alkyl carbamates (subject to hydrolysis) is 1. The number of fused-ring (bicyclic) bond motifs is 4. The molecule has 8 atom stereocenters. The van der Waals surface area contributed by atoms with Crippen LogP contribution >= 0.6 is 0 Å². The molecule has 2 saturated carbocycles. The van der Waals surface area contributed by atoms with Crippen molar-refractivity contribution >= 4 is 45.5 Å². The topological polar surface area (TPSA) is 186 Å². The molecule has 2 aromatic heterocycles. The molecule has 5 N–H and O–H groups in total. The van der Waals surface area contributed by atoms with Crippen LogP contribution < -0.4 is 10.6 Å². The Morgan fingerprint density at radius 3 is 1.41 bits per heavy atom. The van der Waals surface area contributed by atoms with Crippen molar-refractivity contribution in [3.8, 4) is 33.6 Å². The Bertz CT molecular complexity index is 2790. The third-order valence-electron chi connectivity index (χ3n) is 13.8. The zero-order chi connectivity index (χ0) is 43.8. The third kappa shape index (κ3) is 7.44. The predicted octanol–water partition coefficient (Wildman–Crippen LogP) is 8.44. The fraction of sp³-hybridized carbons (Fsp3) is 0.388. The third-order valence-corrected chi connectivity index (χ3v) is 13.8. The number of aromatic nitrogens is 4. The second kappa shape index (κ2) is 15.6. The highest BCUT2D eigenvalue weighted by Crippen LogP contribution is 2.54. The molecule has 2 saturated heterocycles. The van der Waals surface area contributed by atoms with Gasteiger partial charge in [0.05, 0.1) is 43.0 Å². The van der Waals surface area contributed by atoms with Gasteiger partial charge in [0.25, 0.3) is 0 Å². The van der Waals surface area contributed by atoms with Gasteiger partial charge in [-0.05, 0) is 106 Å². The molecule has 4 heterocycles. The standard InChI is InChI=1S/C49H52N8O6/c1-24(2)42(54-48(60)61)46(58)56-38-18-34(38)20-40(56)44-50-22-36(52-44)32-12-10-28-14-26(6-8-30(28)16-32)27-7-9-31-17-33(13-11-29(31)15-27)37-23-51-45(53-37)41-21-35-19-39(35)57(41)47(59)43(25(3)4)55-49(62)63-5/h6-17,22-25,34-35,38-43,54H,18-21H2,1-5H3,(H,50,52)(H,51,53)(H,55,62)(H,60,61)/t34-,35-,38-,39-,40+,41+,42?,43?/m1/s1. The molecule has 14 nitrogen and oxygen atoms in total. The van der Waals surface area contributed by atoms with Crippen LogP contribution in [0.5, 0.6) is 0 Å².